The van der Waals surface area contributed by atoms with Gasteiger partial charge in [-0.15, -0.1) is 0 Å². The molecule has 2 heteroatoms. The zero-order chi connectivity index (χ0) is 10.8. The number of aryl methyl sites for hydroxylation is 3. The van der Waals surface area contributed by atoms with Gasteiger partial charge in [-0.25, -0.2) is 0 Å². The molecule has 0 unspecified atom stereocenters. The largest absolute Gasteiger partial charge is 0.345 e. The van der Waals surface area contributed by atoms with E-state index in [1.54, 1.807) is 0 Å². The van der Waals surface area contributed by atoms with Crippen LogP contribution in [0.15, 0.2) is 30.6 Å². The maximum Gasteiger partial charge on any atom is 0.0493 e. The Balaban J connectivity index is 2.34. The summed E-state index contributed by atoms with van der Waals surface area (Å²) in [5, 5.41) is 0. The molecule has 0 aromatic carbocycles. The summed E-state index contributed by atoms with van der Waals surface area (Å²) in [7, 11) is 0. The van der Waals surface area contributed by atoms with E-state index in [-0.39, 0.29) is 0 Å². The molecule has 0 aliphatic rings. The Morgan fingerprint density at radius 1 is 1.07 bits per heavy atom. The second-order valence-corrected chi connectivity index (χ2v) is 4.00. The molecular weight excluding hydrogens is 184 g/mol. The molecular formula is C13H16N2. The molecule has 0 N–H and O–H groups in total. The minimum absolute atomic E-state index is 0.921. The van der Waals surface area contributed by atoms with Gasteiger partial charge in [0.15, 0.2) is 0 Å². The molecule has 0 saturated carbocycles. The summed E-state index contributed by atoms with van der Waals surface area (Å²) in [5.74, 6) is 0. The summed E-state index contributed by atoms with van der Waals surface area (Å²) < 4.78 is 2.31. The van der Waals surface area contributed by atoms with Gasteiger partial charge >= 0.3 is 0 Å². The van der Waals surface area contributed by atoms with Crippen LogP contribution >= 0.6 is 0 Å². The van der Waals surface area contributed by atoms with E-state index in [4.69, 9.17) is 0 Å². The highest BCUT2D eigenvalue weighted by Gasteiger charge is 2.03. The number of aromatic nitrogens is 2. The summed E-state index contributed by atoms with van der Waals surface area (Å²) in [6, 6.07) is 6.37. The maximum atomic E-state index is 4.17. The van der Waals surface area contributed by atoms with E-state index in [0.29, 0.717) is 0 Å². The number of rotatable bonds is 2. The minimum Gasteiger partial charge on any atom is -0.345 e. The Kier molecular flexibility index (Phi) is 2.58. The Labute approximate surface area is 90.6 Å². The molecule has 0 bridgehead atoms. The Morgan fingerprint density at radius 2 is 1.73 bits per heavy atom. The van der Waals surface area contributed by atoms with Gasteiger partial charge in [0.05, 0.1) is 0 Å². The monoisotopic (exact) mass is 200 g/mol. The highest BCUT2D eigenvalue weighted by Crippen LogP contribution is 2.13. The van der Waals surface area contributed by atoms with Crippen molar-refractivity contribution >= 4 is 0 Å². The van der Waals surface area contributed by atoms with E-state index >= 15 is 0 Å². The second kappa shape index (κ2) is 3.89. The first-order chi connectivity index (χ1) is 7.18. The van der Waals surface area contributed by atoms with Crippen LogP contribution in [0.1, 0.15) is 22.5 Å². The van der Waals surface area contributed by atoms with E-state index in [2.05, 4.69) is 48.5 Å². The van der Waals surface area contributed by atoms with E-state index < -0.39 is 0 Å². The van der Waals surface area contributed by atoms with Gasteiger partial charge in [0.1, 0.15) is 0 Å². The molecule has 2 aromatic heterocycles. The number of hydrogen-bond acceptors (Lipinski definition) is 1. The summed E-state index contributed by atoms with van der Waals surface area (Å²) in [6.07, 6.45) is 3.79. The normalized spacial score (nSPS) is 10.6. The second-order valence-electron chi connectivity index (χ2n) is 4.00. The van der Waals surface area contributed by atoms with Crippen LogP contribution in [0.25, 0.3) is 0 Å². The van der Waals surface area contributed by atoms with Gasteiger partial charge in [0.25, 0.3) is 0 Å². The molecule has 0 atom stereocenters. The maximum absolute atomic E-state index is 4.17. The topological polar surface area (TPSA) is 17.8 Å². The van der Waals surface area contributed by atoms with Crippen molar-refractivity contribution in [2.45, 2.75) is 27.3 Å². The highest BCUT2D eigenvalue weighted by atomic mass is 15.0. The SMILES string of the molecule is Cc1ccncc1Cn1c(C)ccc1C. The van der Waals surface area contributed by atoms with Gasteiger partial charge in [0.2, 0.25) is 0 Å². The summed E-state index contributed by atoms with van der Waals surface area (Å²) >= 11 is 0. The van der Waals surface area contributed by atoms with Crippen LogP contribution in [0.3, 0.4) is 0 Å². The summed E-state index contributed by atoms with van der Waals surface area (Å²) in [4.78, 5) is 4.17. The van der Waals surface area contributed by atoms with Gasteiger partial charge in [-0.3, -0.25) is 4.98 Å². The summed E-state index contributed by atoms with van der Waals surface area (Å²) in [5.41, 5.74) is 5.20. The molecule has 2 nitrogen and oxygen atoms in total. The fourth-order valence-electron chi connectivity index (χ4n) is 1.78. The first-order valence-electron chi connectivity index (χ1n) is 5.20. The first kappa shape index (κ1) is 9.97. The predicted molar refractivity (Wildman–Crippen MR) is 62.0 cm³/mol. The number of hydrogen-bond donors (Lipinski definition) is 0. The number of pyridine rings is 1. The molecule has 0 fully saturated rings. The highest BCUT2D eigenvalue weighted by molar-refractivity contribution is 5.24. The average Bonchev–Trinajstić information content (AvgIpc) is 2.53. The lowest BCUT2D eigenvalue weighted by Crippen LogP contribution is -2.05. The van der Waals surface area contributed by atoms with Crippen molar-refractivity contribution in [3.63, 3.8) is 0 Å². The lowest BCUT2D eigenvalue weighted by Gasteiger charge is -2.10. The van der Waals surface area contributed by atoms with Crippen LogP contribution in [-0.4, -0.2) is 9.55 Å². The third-order valence-corrected chi connectivity index (χ3v) is 2.89. The molecule has 0 amide bonds. The lowest BCUT2D eigenvalue weighted by atomic mass is 10.1. The molecule has 0 aliphatic carbocycles. The Bertz CT molecular complexity index is 450. The Morgan fingerprint density at radius 3 is 2.33 bits per heavy atom. The van der Waals surface area contributed by atoms with Crippen LogP contribution in [0.4, 0.5) is 0 Å². The fourth-order valence-corrected chi connectivity index (χ4v) is 1.78. The zero-order valence-electron chi connectivity index (χ0n) is 9.49. The van der Waals surface area contributed by atoms with Crippen molar-refractivity contribution in [3.05, 3.63) is 53.1 Å². The van der Waals surface area contributed by atoms with Gasteiger partial charge in [-0.05, 0) is 50.1 Å². The van der Waals surface area contributed by atoms with Gasteiger partial charge in [-0.2, -0.15) is 0 Å². The van der Waals surface area contributed by atoms with Crippen molar-refractivity contribution in [1.82, 2.24) is 9.55 Å². The average molecular weight is 200 g/mol. The van der Waals surface area contributed by atoms with Crippen molar-refractivity contribution < 1.29 is 0 Å². The van der Waals surface area contributed by atoms with E-state index in [1.807, 2.05) is 12.4 Å². The van der Waals surface area contributed by atoms with Crippen molar-refractivity contribution in [2.24, 2.45) is 0 Å². The van der Waals surface area contributed by atoms with E-state index in [1.165, 1.54) is 22.5 Å². The summed E-state index contributed by atoms with van der Waals surface area (Å²) in [6.45, 7) is 7.33. The van der Waals surface area contributed by atoms with E-state index in [0.717, 1.165) is 6.54 Å². The molecule has 2 heterocycles. The van der Waals surface area contributed by atoms with Crippen LogP contribution in [0, 0.1) is 20.8 Å². The molecule has 0 aliphatic heterocycles. The molecule has 15 heavy (non-hydrogen) atoms. The van der Waals surface area contributed by atoms with Crippen LogP contribution < -0.4 is 0 Å². The molecule has 2 aromatic rings. The first-order valence-corrected chi connectivity index (χ1v) is 5.20. The molecule has 0 spiro atoms. The smallest absolute Gasteiger partial charge is 0.0493 e. The lowest BCUT2D eigenvalue weighted by molar-refractivity contribution is 0.742. The zero-order valence-corrected chi connectivity index (χ0v) is 9.49. The fraction of sp³-hybridized carbons (Fsp3) is 0.308. The predicted octanol–water partition coefficient (Wildman–Crippen LogP) is 2.86. The van der Waals surface area contributed by atoms with Gasteiger partial charge in [0, 0.05) is 30.3 Å². The van der Waals surface area contributed by atoms with Crippen molar-refractivity contribution in [3.8, 4) is 0 Å². The Hall–Kier alpha value is -1.57. The van der Waals surface area contributed by atoms with Crippen molar-refractivity contribution in [2.75, 3.05) is 0 Å². The van der Waals surface area contributed by atoms with Crippen LogP contribution in [-0.2, 0) is 6.54 Å². The molecule has 0 radical (unpaired) electrons. The standard InChI is InChI=1S/C13H16N2/c1-10-6-7-14-8-13(10)9-15-11(2)4-5-12(15)3/h4-8H,9H2,1-3H3. The quantitative estimate of drug-likeness (QED) is 0.729. The van der Waals surface area contributed by atoms with Crippen LogP contribution in [0.2, 0.25) is 0 Å². The van der Waals surface area contributed by atoms with E-state index in [9.17, 15) is 0 Å². The van der Waals surface area contributed by atoms with Crippen LogP contribution in [0.5, 0.6) is 0 Å². The van der Waals surface area contributed by atoms with Crippen molar-refractivity contribution in [1.29, 1.82) is 0 Å². The molecule has 2 rings (SSSR count). The van der Waals surface area contributed by atoms with Gasteiger partial charge < -0.3 is 4.57 Å². The third kappa shape index (κ3) is 1.94. The van der Waals surface area contributed by atoms with Gasteiger partial charge in [-0.1, -0.05) is 0 Å². The third-order valence-electron chi connectivity index (χ3n) is 2.89. The molecule has 0 saturated heterocycles. The molecule has 78 valence electrons. The minimum atomic E-state index is 0.921. The number of nitrogens with zero attached hydrogens (tertiary/aromatic N) is 2.